The van der Waals surface area contributed by atoms with Crippen LogP contribution in [0.1, 0.15) is 11.4 Å². The van der Waals surface area contributed by atoms with Gasteiger partial charge in [0.15, 0.2) is 5.65 Å². The second-order valence-electron chi connectivity index (χ2n) is 5.35. The van der Waals surface area contributed by atoms with Gasteiger partial charge in [-0.3, -0.25) is 4.57 Å². The minimum Gasteiger partial charge on any atom is -0.280 e. The van der Waals surface area contributed by atoms with Gasteiger partial charge in [-0.25, -0.2) is 9.97 Å². The highest BCUT2D eigenvalue weighted by Crippen LogP contribution is 2.23. The first-order valence-electron chi connectivity index (χ1n) is 7.43. The number of aromatic nitrogens is 3. The number of fused-ring (bicyclic) bond motifs is 1. The summed E-state index contributed by atoms with van der Waals surface area (Å²) in [6, 6.07) is 22.0. The Labute approximate surface area is 139 Å². The summed E-state index contributed by atoms with van der Waals surface area (Å²) in [5.74, 6) is 0.951. The Morgan fingerprint density at radius 2 is 1.78 bits per heavy atom. The predicted molar refractivity (Wildman–Crippen MR) is 93.1 cm³/mol. The van der Waals surface area contributed by atoms with Crippen LogP contribution in [0, 0.1) is 0 Å². The van der Waals surface area contributed by atoms with Gasteiger partial charge in [0.25, 0.3) is 0 Å². The third-order valence-corrected chi connectivity index (χ3v) is 3.99. The smallest absolute Gasteiger partial charge is 0.164 e. The Balaban J connectivity index is 1.91. The number of hydrogen-bond donors (Lipinski definition) is 0. The van der Waals surface area contributed by atoms with E-state index < -0.39 is 0 Å². The second kappa shape index (κ2) is 5.86. The molecule has 23 heavy (non-hydrogen) atoms. The minimum absolute atomic E-state index is 0.700. The van der Waals surface area contributed by atoms with Crippen LogP contribution >= 0.6 is 11.6 Å². The van der Waals surface area contributed by atoms with Crippen LogP contribution in [0.5, 0.6) is 0 Å². The fraction of sp³-hybridized carbons (Fsp3) is 0.0526. The zero-order valence-electron chi connectivity index (χ0n) is 12.4. The Morgan fingerprint density at radius 1 is 0.913 bits per heavy atom. The van der Waals surface area contributed by atoms with Crippen molar-refractivity contribution < 1.29 is 0 Å². The largest absolute Gasteiger partial charge is 0.280 e. The summed E-state index contributed by atoms with van der Waals surface area (Å²) >= 11 is 6.17. The average Bonchev–Trinajstić information content (AvgIpc) is 2.93. The molecule has 2 aromatic heterocycles. The van der Waals surface area contributed by atoms with E-state index in [-0.39, 0.29) is 0 Å². The van der Waals surface area contributed by atoms with Crippen LogP contribution in [0.4, 0.5) is 0 Å². The lowest BCUT2D eigenvalue weighted by Crippen LogP contribution is -2.03. The van der Waals surface area contributed by atoms with Crippen molar-refractivity contribution in [3.63, 3.8) is 0 Å². The van der Waals surface area contributed by atoms with Gasteiger partial charge in [-0.15, -0.1) is 0 Å². The molecule has 0 fully saturated rings. The predicted octanol–water partition coefficient (Wildman–Crippen LogP) is 4.66. The van der Waals surface area contributed by atoms with Crippen LogP contribution in [-0.4, -0.2) is 14.5 Å². The lowest BCUT2D eigenvalue weighted by Gasteiger charge is -2.09. The Hall–Kier alpha value is -2.65. The maximum Gasteiger partial charge on any atom is 0.164 e. The molecule has 2 aromatic carbocycles. The molecular weight excluding hydrogens is 306 g/mol. The van der Waals surface area contributed by atoms with Gasteiger partial charge in [0.1, 0.15) is 11.3 Å². The molecule has 0 radical (unpaired) electrons. The quantitative estimate of drug-likeness (QED) is 0.549. The Kier molecular flexibility index (Phi) is 3.56. The van der Waals surface area contributed by atoms with Crippen LogP contribution in [0.2, 0.25) is 5.02 Å². The van der Waals surface area contributed by atoms with Gasteiger partial charge in [0, 0.05) is 17.6 Å². The van der Waals surface area contributed by atoms with Crippen molar-refractivity contribution in [3.05, 3.63) is 89.3 Å². The maximum atomic E-state index is 6.17. The number of rotatable bonds is 3. The van der Waals surface area contributed by atoms with Crippen molar-refractivity contribution in [2.45, 2.75) is 6.42 Å². The van der Waals surface area contributed by atoms with E-state index in [4.69, 9.17) is 16.6 Å². The van der Waals surface area contributed by atoms with Gasteiger partial charge >= 0.3 is 0 Å². The van der Waals surface area contributed by atoms with Crippen LogP contribution in [-0.2, 0) is 6.42 Å². The third kappa shape index (κ3) is 2.71. The lowest BCUT2D eigenvalue weighted by atomic mass is 10.1. The molecule has 0 N–H and O–H groups in total. The highest BCUT2D eigenvalue weighted by Gasteiger charge is 2.13. The summed E-state index contributed by atoms with van der Waals surface area (Å²) in [5, 5.41) is 0.700. The number of imidazole rings is 1. The van der Waals surface area contributed by atoms with E-state index in [1.165, 1.54) is 5.56 Å². The molecule has 0 spiro atoms. The van der Waals surface area contributed by atoms with Gasteiger partial charge < -0.3 is 0 Å². The lowest BCUT2D eigenvalue weighted by molar-refractivity contribution is 0.924. The molecule has 0 bridgehead atoms. The molecule has 0 atom stereocenters. The summed E-state index contributed by atoms with van der Waals surface area (Å²) in [5.41, 5.74) is 3.93. The normalized spacial score (nSPS) is 11.0. The first-order chi connectivity index (χ1) is 11.3. The molecule has 4 rings (SSSR count). The molecule has 0 saturated carbocycles. The van der Waals surface area contributed by atoms with Crippen LogP contribution in [0.15, 0.2) is 72.9 Å². The summed E-state index contributed by atoms with van der Waals surface area (Å²) < 4.78 is 2.08. The number of benzene rings is 2. The van der Waals surface area contributed by atoms with Crippen molar-refractivity contribution in [1.82, 2.24) is 14.5 Å². The molecule has 0 saturated heterocycles. The van der Waals surface area contributed by atoms with Gasteiger partial charge in [0.05, 0.1) is 5.69 Å². The van der Waals surface area contributed by atoms with Crippen LogP contribution in [0.3, 0.4) is 0 Å². The monoisotopic (exact) mass is 319 g/mol. The molecule has 0 aliphatic rings. The second-order valence-corrected chi connectivity index (χ2v) is 5.79. The molecule has 0 unspecified atom stereocenters. The zero-order valence-corrected chi connectivity index (χ0v) is 13.1. The average molecular weight is 320 g/mol. The number of nitrogens with zero attached hydrogens (tertiary/aromatic N) is 3. The zero-order chi connectivity index (χ0) is 15.6. The number of pyridine rings is 1. The topological polar surface area (TPSA) is 30.7 Å². The summed E-state index contributed by atoms with van der Waals surface area (Å²) in [6.07, 6.45) is 2.53. The van der Waals surface area contributed by atoms with E-state index in [1.54, 1.807) is 6.20 Å². The molecule has 2 heterocycles. The Bertz CT molecular complexity index is 961. The Morgan fingerprint density at radius 3 is 2.61 bits per heavy atom. The highest BCUT2D eigenvalue weighted by molar-refractivity contribution is 6.30. The van der Waals surface area contributed by atoms with Crippen molar-refractivity contribution in [2.75, 3.05) is 0 Å². The van der Waals surface area contributed by atoms with Gasteiger partial charge in [0.2, 0.25) is 0 Å². The van der Waals surface area contributed by atoms with E-state index in [0.717, 1.165) is 29.1 Å². The van der Waals surface area contributed by atoms with Crippen molar-refractivity contribution in [2.24, 2.45) is 0 Å². The number of halogens is 1. The summed E-state index contributed by atoms with van der Waals surface area (Å²) in [7, 11) is 0. The van der Waals surface area contributed by atoms with E-state index in [0.29, 0.717) is 5.02 Å². The van der Waals surface area contributed by atoms with E-state index >= 15 is 0 Å². The van der Waals surface area contributed by atoms with Crippen molar-refractivity contribution in [3.8, 4) is 5.69 Å². The first-order valence-corrected chi connectivity index (χ1v) is 7.81. The molecule has 0 aliphatic heterocycles. The first kappa shape index (κ1) is 14.0. The van der Waals surface area contributed by atoms with Gasteiger partial charge in [-0.1, -0.05) is 48.0 Å². The van der Waals surface area contributed by atoms with Crippen LogP contribution in [0.25, 0.3) is 16.9 Å². The standard InChI is InChI=1S/C19H14ClN3/c20-15-8-4-9-16(13-15)23-18(12-14-6-2-1-3-7-14)22-17-10-5-11-21-19(17)23/h1-11,13H,12H2. The van der Waals surface area contributed by atoms with Gasteiger partial charge in [-0.2, -0.15) is 0 Å². The molecule has 4 aromatic rings. The molecule has 0 amide bonds. The molecule has 112 valence electrons. The maximum absolute atomic E-state index is 6.17. The summed E-state index contributed by atoms with van der Waals surface area (Å²) in [4.78, 5) is 9.28. The SMILES string of the molecule is Clc1cccc(-n2c(Cc3ccccc3)nc3cccnc32)c1. The van der Waals surface area contributed by atoms with Crippen LogP contribution < -0.4 is 0 Å². The van der Waals surface area contributed by atoms with E-state index in [2.05, 4.69) is 21.7 Å². The van der Waals surface area contributed by atoms with E-state index in [9.17, 15) is 0 Å². The molecule has 4 heteroatoms. The molecule has 3 nitrogen and oxygen atoms in total. The fourth-order valence-corrected chi connectivity index (χ4v) is 2.93. The molecular formula is C19H14ClN3. The third-order valence-electron chi connectivity index (χ3n) is 3.76. The van der Waals surface area contributed by atoms with Crippen molar-refractivity contribution in [1.29, 1.82) is 0 Å². The highest BCUT2D eigenvalue weighted by atomic mass is 35.5. The van der Waals surface area contributed by atoms with Gasteiger partial charge in [-0.05, 0) is 35.9 Å². The fourth-order valence-electron chi connectivity index (χ4n) is 2.74. The number of hydrogen-bond acceptors (Lipinski definition) is 2. The summed E-state index contributed by atoms with van der Waals surface area (Å²) in [6.45, 7) is 0. The van der Waals surface area contributed by atoms with Crippen molar-refractivity contribution >= 4 is 22.8 Å². The van der Waals surface area contributed by atoms with E-state index in [1.807, 2.05) is 54.6 Å². The molecule has 0 aliphatic carbocycles. The minimum atomic E-state index is 0.700.